The van der Waals surface area contributed by atoms with E-state index in [1.807, 2.05) is 12.1 Å². The first-order valence-corrected chi connectivity index (χ1v) is 10.9. The van der Waals surface area contributed by atoms with E-state index in [-0.39, 0.29) is 0 Å². The van der Waals surface area contributed by atoms with E-state index in [1.165, 1.54) is 0 Å². The number of halogens is 4. The summed E-state index contributed by atoms with van der Waals surface area (Å²) in [7, 11) is 0. The van der Waals surface area contributed by atoms with Crippen molar-refractivity contribution in [3.63, 3.8) is 0 Å². The number of rotatable bonds is 12. The van der Waals surface area contributed by atoms with Crippen molar-refractivity contribution in [2.75, 3.05) is 13.2 Å². The Labute approximate surface area is 193 Å². The van der Waals surface area contributed by atoms with Gasteiger partial charge in [-0.25, -0.2) is 0 Å². The molecule has 2 aromatic rings. The number of ether oxygens (including phenoxy) is 2. The highest BCUT2D eigenvalue weighted by molar-refractivity contribution is 6.36. The van der Waals surface area contributed by atoms with Gasteiger partial charge in [-0.2, -0.15) is 0 Å². The van der Waals surface area contributed by atoms with Crippen molar-refractivity contribution in [2.24, 2.45) is 0 Å². The fourth-order valence-corrected chi connectivity index (χ4v) is 4.07. The molecule has 2 nitrogen and oxygen atoms in total. The Morgan fingerprint density at radius 2 is 1.07 bits per heavy atom. The Kier molecular flexibility index (Phi) is 10.2. The van der Waals surface area contributed by atoms with E-state index >= 15 is 0 Å². The fourth-order valence-electron chi connectivity index (χ4n) is 2.89. The van der Waals surface area contributed by atoms with Crippen molar-refractivity contribution < 1.29 is 9.47 Å². The quantitative estimate of drug-likeness (QED) is 0.227. The Bertz CT molecular complexity index is 780. The lowest BCUT2D eigenvalue weighted by Gasteiger charge is -2.14. The van der Waals surface area contributed by atoms with Gasteiger partial charge in [-0.15, -0.1) is 13.2 Å². The van der Waals surface area contributed by atoms with Crippen molar-refractivity contribution >= 4 is 46.4 Å². The number of hydrogen-bond acceptors (Lipinski definition) is 2. The summed E-state index contributed by atoms with van der Waals surface area (Å²) in [6.45, 7) is 8.65. The molecular weight excluding hydrogens is 450 g/mol. The van der Waals surface area contributed by atoms with Crippen LogP contribution in [0.1, 0.15) is 30.4 Å². The van der Waals surface area contributed by atoms with Gasteiger partial charge >= 0.3 is 0 Å². The molecule has 0 unspecified atom stereocenters. The number of hydrogen-bond donors (Lipinski definition) is 0. The Hall–Kier alpha value is -1.32. The minimum atomic E-state index is 0.518. The molecule has 156 valence electrons. The minimum absolute atomic E-state index is 0.518. The first-order chi connectivity index (χ1) is 14.0. The Morgan fingerprint density at radius 3 is 1.45 bits per heavy atom. The second-order valence-corrected chi connectivity index (χ2v) is 8.18. The minimum Gasteiger partial charge on any atom is -0.492 e. The molecule has 6 heteroatoms. The summed E-state index contributed by atoms with van der Waals surface area (Å²) in [4.78, 5) is 0. The molecule has 0 saturated carbocycles. The first-order valence-electron chi connectivity index (χ1n) is 9.39. The van der Waals surface area contributed by atoms with Gasteiger partial charge in [0, 0.05) is 21.2 Å². The maximum atomic E-state index is 6.27. The van der Waals surface area contributed by atoms with E-state index < -0.39 is 0 Å². The summed E-state index contributed by atoms with van der Waals surface area (Å²) in [6, 6.07) is 7.09. The molecule has 0 spiro atoms. The third-order valence-electron chi connectivity index (χ3n) is 4.18. The van der Waals surface area contributed by atoms with Gasteiger partial charge in [-0.3, -0.25) is 0 Å². The van der Waals surface area contributed by atoms with Crippen molar-refractivity contribution in [3.05, 3.63) is 80.8 Å². The van der Waals surface area contributed by atoms with E-state index in [2.05, 4.69) is 13.2 Å². The van der Waals surface area contributed by atoms with Crippen LogP contribution >= 0.6 is 46.4 Å². The highest BCUT2D eigenvalue weighted by Gasteiger charge is 2.11. The number of unbranched alkanes of at least 4 members (excludes halogenated alkanes) is 2. The maximum Gasteiger partial charge on any atom is 0.141 e. The zero-order valence-corrected chi connectivity index (χ0v) is 19.2. The summed E-state index contributed by atoms with van der Waals surface area (Å²) in [5.74, 6) is 1.35. The summed E-state index contributed by atoms with van der Waals surface area (Å²) in [5, 5.41) is 2.22. The smallest absolute Gasteiger partial charge is 0.141 e. The summed E-state index contributed by atoms with van der Waals surface area (Å²) in [5.41, 5.74) is 1.88. The highest BCUT2D eigenvalue weighted by Crippen LogP contribution is 2.34. The lowest BCUT2D eigenvalue weighted by Crippen LogP contribution is -2.04. The van der Waals surface area contributed by atoms with Crippen LogP contribution in [0.4, 0.5) is 0 Å². The topological polar surface area (TPSA) is 18.5 Å². The molecule has 0 fully saturated rings. The first kappa shape index (κ1) is 24.0. The van der Waals surface area contributed by atoms with Crippen molar-refractivity contribution in [1.82, 2.24) is 0 Å². The highest BCUT2D eigenvalue weighted by atomic mass is 35.5. The average molecular weight is 474 g/mol. The Morgan fingerprint density at radius 1 is 0.655 bits per heavy atom. The summed E-state index contributed by atoms with van der Waals surface area (Å²) in [6.07, 6.45) is 7.61. The molecule has 0 aliphatic carbocycles. The lowest BCUT2D eigenvalue weighted by atomic mass is 10.1. The van der Waals surface area contributed by atoms with Crippen LogP contribution in [0.5, 0.6) is 11.5 Å². The third-order valence-corrected chi connectivity index (χ3v) is 5.18. The van der Waals surface area contributed by atoms with Crippen LogP contribution in [-0.2, 0) is 12.8 Å². The molecule has 0 radical (unpaired) electrons. The molecule has 0 atom stereocenters. The molecule has 0 aliphatic rings. The van der Waals surface area contributed by atoms with Gasteiger partial charge in [0.1, 0.15) is 11.5 Å². The maximum absolute atomic E-state index is 6.27. The molecule has 0 aliphatic heterocycles. The van der Waals surface area contributed by atoms with Gasteiger partial charge in [0.25, 0.3) is 0 Å². The van der Waals surface area contributed by atoms with Gasteiger partial charge in [0.05, 0.1) is 23.3 Å². The molecule has 0 saturated heterocycles. The van der Waals surface area contributed by atoms with Crippen LogP contribution in [0.25, 0.3) is 0 Å². The second-order valence-electron chi connectivity index (χ2n) is 6.49. The van der Waals surface area contributed by atoms with Crippen LogP contribution in [0.2, 0.25) is 20.1 Å². The molecule has 29 heavy (non-hydrogen) atoms. The van der Waals surface area contributed by atoms with E-state index in [0.717, 1.165) is 30.4 Å². The fraction of sp³-hybridized carbons (Fsp3) is 0.304. The Balaban J connectivity index is 1.79. The van der Waals surface area contributed by atoms with Gasteiger partial charge in [0.15, 0.2) is 0 Å². The molecule has 0 aromatic heterocycles. The van der Waals surface area contributed by atoms with Gasteiger partial charge < -0.3 is 9.47 Å². The molecule has 0 N–H and O–H groups in total. The van der Waals surface area contributed by atoms with Crippen molar-refractivity contribution in [2.45, 2.75) is 32.1 Å². The van der Waals surface area contributed by atoms with E-state index in [1.54, 1.807) is 24.3 Å². The van der Waals surface area contributed by atoms with Crippen molar-refractivity contribution in [3.8, 4) is 11.5 Å². The number of benzene rings is 2. The number of allylic oxidation sites excluding steroid dienone is 2. The molecule has 2 rings (SSSR count). The van der Waals surface area contributed by atoms with E-state index in [9.17, 15) is 0 Å². The molecular formula is C23H24Cl4O2. The van der Waals surface area contributed by atoms with Crippen LogP contribution in [-0.4, -0.2) is 13.2 Å². The molecule has 0 amide bonds. The van der Waals surface area contributed by atoms with Crippen molar-refractivity contribution in [1.29, 1.82) is 0 Å². The lowest BCUT2D eigenvalue weighted by molar-refractivity contribution is 0.277. The standard InChI is InChI=1S/C23H24Cl4O2/c1-3-8-16-12-18(24)14-20(26)22(16)28-10-6-5-7-11-29-23-17(9-4-2)13-19(25)15-21(23)27/h3-4,12-15H,1-2,5-11H2. The zero-order chi connectivity index (χ0) is 21.2. The average Bonchev–Trinajstić information content (AvgIpc) is 2.64. The van der Waals surface area contributed by atoms with Crippen LogP contribution < -0.4 is 9.47 Å². The second kappa shape index (κ2) is 12.4. The van der Waals surface area contributed by atoms with E-state index in [4.69, 9.17) is 55.9 Å². The largest absolute Gasteiger partial charge is 0.492 e. The van der Waals surface area contributed by atoms with E-state index in [0.29, 0.717) is 57.6 Å². The van der Waals surface area contributed by atoms with Gasteiger partial charge in [-0.05, 0) is 56.4 Å². The van der Waals surface area contributed by atoms with Crippen LogP contribution in [0.15, 0.2) is 49.6 Å². The third kappa shape index (κ3) is 7.46. The normalized spacial score (nSPS) is 10.6. The van der Waals surface area contributed by atoms with Crippen LogP contribution in [0.3, 0.4) is 0 Å². The molecule has 2 aromatic carbocycles. The molecule has 0 heterocycles. The monoisotopic (exact) mass is 472 g/mol. The molecule has 0 bridgehead atoms. The van der Waals surface area contributed by atoms with Crippen LogP contribution in [0, 0.1) is 0 Å². The van der Waals surface area contributed by atoms with Gasteiger partial charge in [0.2, 0.25) is 0 Å². The summed E-state index contributed by atoms with van der Waals surface area (Å²) >= 11 is 24.7. The van der Waals surface area contributed by atoms with Gasteiger partial charge in [-0.1, -0.05) is 58.6 Å². The predicted molar refractivity (Wildman–Crippen MR) is 126 cm³/mol. The SMILES string of the molecule is C=CCc1cc(Cl)cc(Cl)c1OCCCCCOc1c(Cl)cc(Cl)cc1CC=C. The predicted octanol–water partition coefficient (Wildman–Crippen LogP) is 8.39. The zero-order valence-electron chi connectivity index (χ0n) is 16.2. The summed E-state index contributed by atoms with van der Waals surface area (Å²) < 4.78 is 11.8.